The van der Waals surface area contributed by atoms with Crippen LogP contribution < -0.4 is 5.73 Å². The van der Waals surface area contributed by atoms with Crippen LogP contribution in [0.4, 0.5) is 0 Å². The Morgan fingerprint density at radius 2 is 2.25 bits per heavy atom. The lowest BCUT2D eigenvalue weighted by molar-refractivity contribution is 0.0677. The molecule has 0 saturated carbocycles. The summed E-state index contributed by atoms with van der Waals surface area (Å²) in [6.45, 7) is 0.704. The zero-order valence-corrected chi connectivity index (χ0v) is 12.2. The Labute approximate surface area is 125 Å². The molecule has 1 aliphatic rings. The van der Waals surface area contributed by atoms with E-state index in [1.165, 1.54) is 0 Å². The van der Waals surface area contributed by atoms with Crippen LogP contribution in [0.1, 0.15) is 29.4 Å². The molecule has 0 aliphatic carbocycles. The van der Waals surface area contributed by atoms with Gasteiger partial charge in [0.25, 0.3) is 0 Å². The van der Waals surface area contributed by atoms with Crippen molar-refractivity contribution in [3.05, 3.63) is 46.6 Å². The third-order valence-corrected chi connectivity index (χ3v) is 4.41. The number of nitrogens with two attached hydrogens (primary N) is 1. The van der Waals surface area contributed by atoms with E-state index in [1.807, 2.05) is 30.0 Å². The average molecular weight is 312 g/mol. The fourth-order valence-electron chi connectivity index (χ4n) is 2.00. The van der Waals surface area contributed by atoms with Crippen molar-refractivity contribution in [3.63, 3.8) is 0 Å². The summed E-state index contributed by atoms with van der Waals surface area (Å²) >= 11 is 7.94. The van der Waals surface area contributed by atoms with E-state index >= 15 is 0 Å². The van der Waals surface area contributed by atoms with Crippen LogP contribution in [-0.2, 0) is 4.74 Å². The van der Waals surface area contributed by atoms with E-state index in [9.17, 15) is 0 Å². The second-order valence-corrected chi connectivity index (χ2v) is 5.98. The SMILES string of the molecule is N[C@@H](c1nc(C2CSCCO2)no1)c1ccccc1Cl. The summed E-state index contributed by atoms with van der Waals surface area (Å²) in [6.07, 6.45) is -0.121. The van der Waals surface area contributed by atoms with E-state index in [0.717, 1.165) is 17.1 Å². The number of benzene rings is 1. The molecule has 2 aromatic rings. The molecule has 0 spiro atoms. The van der Waals surface area contributed by atoms with Gasteiger partial charge in [-0.15, -0.1) is 0 Å². The first-order chi connectivity index (χ1) is 9.75. The van der Waals surface area contributed by atoms with Crippen molar-refractivity contribution in [1.82, 2.24) is 10.1 Å². The zero-order chi connectivity index (χ0) is 13.9. The van der Waals surface area contributed by atoms with Gasteiger partial charge in [0.1, 0.15) is 12.1 Å². The molecule has 2 heterocycles. The fraction of sp³-hybridized carbons (Fsp3) is 0.385. The van der Waals surface area contributed by atoms with Gasteiger partial charge in [-0.2, -0.15) is 16.7 Å². The third kappa shape index (κ3) is 2.83. The number of rotatable bonds is 3. The summed E-state index contributed by atoms with van der Waals surface area (Å²) < 4.78 is 10.9. The van der Waals surface area contributed by atoms with Crippen LogP contribution in [0, 0.1) is 0 Å². The summed E-state index contributed by atoms with van der Waals surface area (Å²) in [7, 11) is 0. The standard InChI is InChI=1S/C13H14ClN3O2S/c14-9-4-2-1-3-8(9)11(15)13-16-12(17-19-13)10-7-20-6-5-18-10/h1-4,10-11H,5-7,15H2/t10?,11-/m1/s1. The highest BCUT2D eigenvalue weighted by Gasteiger charge is 2.25. The Kier molecular flexibility index (Phi) is 4.26. The van der Waals surface area contributed by atoms with Crippen molar-refractivity contribution < 1.29 is 9.26 Å². The van der Waals surface area contributed by atoms with Gasteiger partial charge in [0.15, 0.2) is 0 Å². The van der Waals surface area contributed by atoms with Crippen molar-refractivity contribution in [2.24, 2.45) is 5.73 Å². The molecule has 1 aliphatic heterocycles. The van der Waals surface area contributed by atoms with Gasteiger partial charge in [0.05, 0.1) is 6.61 Å². The predicted octanol–water partition coefficient (Wildman–Crippen LogP) is 2.58. The lowest BCUT2D eigenvalue weighted by Gasteiger charge is -2.18. The highest BCUT2D eigenvalue weighted by Crippen LogP contribution is 2.28. The van der Waals surface area contributed by atoms with Gasteiger partial charge >= 0.3 is 0 Å². The summed E-state index contributed by atoms with van der Waals surface area (Å²) in [5.74, 6) is 2.74. The normalized spacial score (nSPS) is 20.8. The Balaban J connectivity index is 1.81. The minimum atomic E-state index is -0.527. The lowest BCUT2D eigenvalue weighted by Crippen LogP contribution is -2.17. The minimum absolute atomic E-state index is 0.121. The van der Waals surface area contributed by atoms with E-state index in [-0.39, 0.29) is 6.10 Å². The molecule has 7 heteroatoms. The third-order valence-electron chi connectivity index (χ3n) is 3.07. The van der Waals surface area contributed by atoms with E-state index < -0.39 is 6.04 Å². The van der Waals surface area contributed by atoms with Crippen LogP contribution in [0.3, 0.4) is 0 Å². The summed E-state index contributed by atoms with van der Waals surface area (Å²) in [4.78, 5) is 4.35. The topological polar surface area (TPSA) is 74.2 Å². The number of hydrogen-bond donors (Lipinski definition) is 1. The summed E-state index contributed by atoms with van der Waals surface area (Å²) in [5.41, 5.74) is 6.90. The van der Waals surface area contributed by atoms with Crippen LogP contribution in [0.5, 0.6) is 0 Å². The molecule has 5 nitrogen and oxygen atoms in total. The average Bonchev–Trinajstić information content (AvgIpc) is 2.98. The van der Waals surface area contributed by atoms with Gasteiger partial charge in [0.2, 0.25) is 11.7 Å². The first kappa shape index (κ1) is 13.9. The van der Waals surface area contributed by atoms with Crippen molar-refractivity contribution in [2.75, 3.05) is 18.1 Å². The maximum absolute atomic E-state index is 6.13. The molecule has 0 bridgehead atoms. The number of halogens is 1. The van der Waals surface area contributed by atoms with Crippen LogP contribution in [0.25, 0.3) is 0 Å². The van der Waals surface area contributed by atoms with E-state index in [4.69, 9.17) is 26.6 Å². The largest absolute Gasteiger partial charge is 0.368 e. The maximum atomic E-state index is 6.13. The predicted molar refractivity (Wildman–Crippen MR) is 77.8 cm³/mol. The minimum Gasteiger partial charge on any atom is -0.368 e. The second kappa shape index (κ2) is 6.13. The van der Waals surface area contributed by atoms with Crippen molar-refractivity contribution in [1.29, 1.82) is 0 Å². The van der Waals surface area contributed by atoms with Gasteiger partial charge < -0.3 is 15.0 Å². The molecule has 20 heavy (non-hydrogen) atoms. The van der Waals surface area contributed by atoms with Gasteiger partial charge in [-0.3, -0.25) is 0 Å². The smallest absolute Gasteiger partial charge is 0.248 e. The van der Waals surface area contributed by atoms with Gasteiger partial charge in [-0.05, 0) is 11.6 Å². The number of hydrogen-bond acceptors (Lipinski definition) is 6. The summed E-state index contributed by atoms with van der Waals surface area (Å²) in [6, 6.07) is 6.84. The molecule has 1 aromatic heterocycles. The molecule has 0 amide bonds. The summed E-state index contributed by atoms with van der Waals surface area (Å²) in [5, 5.41) is 4.56. The Morgan fingerprint density at radius 3 is 3.00 bits per heavy atom. The molecule has 106 valence electrons. The molecule has 1 aromatic carbocycles. The highest BCUT2D eigenvalue weighted by molar-refractivity contribution is 7.99. The van der Waals surface area contributed by atoms with Crippen LogP contribution in [0.2, 0.25) is 5.02 Å². The molecule has 1 saturated heterocycles. The highest BCUT2D eigenvalue weighted by atomic mass is 35.5. The molecular weight excluding hydrogens is 298 g/mol. The molecule has 1 unspecified atom stereocenters. The Morgan fingerprint density at radius 1 is 1.40 bits per heavy atom. The monoisotopic (exact) mass is 311 g/mol. The lowest BCUT2D eigenvalue weighted by atomic mass is 10.1. The number of ether oxygens (including phenoxy) is 1. The second-order valence-electron chi connectivity index (χ2n) is 4.42. The van der Waals surface area contributed by atoms with Crippen molar-refractivity contribution >= 4 is 23.4 Å². The quantitative estimate of drug-likeness (QED) is 0.939. The van der Waals surface area contributed by atoms with E-state index in [2.05, 4.69) is 10.1 Å². The van der Waals surface area contributed by atoms with E-state index in [1.54, 1.807) is 6.07 Å². The van der Waals surface area contributed by atoms with Crippen LogP contribution in [-0.4, -0.2) is 28.3 Å². The van der Waals surface area contributed by atoms with Crippen LogP contribution in [0.15, 0.2) is 28.8 Å². The zero-order valence-electron chi connectivity index (χ0n) is 10.7. The number of thioether (sulfide) groups is 1. The number of aromatic nitrogens is 2. The van der Waals surface area contributed by atoms with Gasteiger partial charge in [-0.1, -0.05) is 35.0 Å². The first-order valence-corrected chi connectivity index (χ1v) is 7.82. The van der Waals surface area contributed by atoms with Gasteiger partial charge in [-0.25, -0.2) is 0 Å². The van der Waals surface area contributed by atoms with E-state index in [0.29, 0.717) is 23.3 Å². The molecule has 0 radical (unpaired) electrons. The fourth-order valence-corrected chi connectivity index (χ4v) is 3.09. The van der Waals surface area contributed by atoms with Crippen molar-refractivity contribution in [2.45, 2.75) is 12.1 Å². The molecule has 2 N–H and O–H groups in total. The van der Waals surface area contributed by atoms with Crippen molar-refractivity contribution in [3.8, 4) is 0 Å². The number of nitrogens with zero attached hydrogens (tertiary/aromatic N) is 2. The molecule has 1 fully saturated rings. The molecular formula is C13H14ClN3O2S. The Bertz CT molecular complexity index is 587. The molecule has 2 atom stereocenters. The molecule has 3 rings (SSSR count). The Hall–Kier alpha value is -1.08. The first-order valence-electron chi connectivity index (χ1n) is 6.28. The maximum Gasteiger partial charge on any atom is 0.248 e. The van der Waals surface area contributed by atoms with Gasteiger partial charge in [0, 0.05) is 16.5 Å². The van der Waals surface area contributed by atoms with Crippen LogP contribution >= 0.6 is 23.4 Å².